The van der Waals surface area contributed by atoms with E-state index in [2.05, 4.69) is 31.9 Å². The van der Waals surface area contributed by atoms with E-state index in [4.69, 9.17) is 23.2 Å². The molecule has 0 fully saturated rings. The van der Waals surface area contributed by atoms with Crippen molar-refractivity contribution in [1.82, 2.24) is 0 Å². The highest BCUT2D eigenvalue weighted by Crippen LogP contribution is 2.17. The highest BCUT2D eigenvalue weighted by molar-refractivity contribution is 9.10. The molecule has 0 rings (SSSR count). The molecule has 0 amide bonds. The fourth-order valence-electron chi connectivity index (χ4n) is 1.23. The summed E-state index contributed by atoms with van der Waals surface area (Å²) in [6.07, 6.45) is 5.49. The van der Waals surface area contributed by atoms with Crippen molar-refractivity contribution in [2.45, 2.75) is 48.2 Å². The van der Waals surface area contributed by atoms with Gasteiger partial charge < -0.3 is 0 Å². The smallest absolute Gasteiger partial charge is 0.235 e. The Kier molecular flexibility index (Phi) is 10.4. The highest BCUT2D eigenvalue weighted by Gasteiger charge is 2.12. The second-order valence-corrected chi connectivity index (χ2v) is 6.49. The Morgan fingerprint density at radius 2 is 1.12 bits per heavy atom. The summed E-state index contributed by atoms with van der Waals surface area (Å²) in [6.45, 7) is 0. The average molecular weight is 397 g/mol. The van der Waals surface area contributed by atoms with Crippen LogP contribution in [-0.4, -0.2) is 20.1 Å². The molecule has 16 heavy (non-hydrogen) atoms. The number of hydrogen-bond donors (Lipinski definition) is 0. The first kappa shape index (κ1) is 16.9. The molecule has 0 aromatic heterocycles. The summed E-state index contributed by atoms with van der Waals surface area (Å²) in [7, 11) is 0. The van der Waals surface area contributed by atoms with Crippen molar-refractivity contribution in [2.24, 2.45) is 0 Å². The Labute approximate surface area is 123 Å². The van der Waals surface area contributed by atoms with Crippen LogP contribution < -0.4 is 0 Å². The predicted octanol–water partition coefficient (Wildman–Crippen LogP) is 4.38. The van der Waals surface area contributed by atoms with E-state index in [-0.39, 0.29) is 20.1 Å². The zero-order valence-electron chi connectivity index (χ0n) is 8.73. The maximum atomic E-state index is 10.7. The zero-order valence-corrected chi connectivity index (χ0v) is 13.4. The molecule has 0 aliphatic carbocycles. The molecule has 2 atom stereocenters. The summed E-state index contributed by atoms with van der Waals surface area (Å²) in [5.41, 5.74) is 0. The Bertz CT molecular complexity index is 213. The third-order valence-electron chi connectivity index (χ3n) is 2.16. The Balaban J connectivity index is 3.34. The molecule has 6 heteroatoms. The number of rotatable bonds is 9. The van der Waals surface area contributed by atoms with Gasteiger partial charge in [0, 0.05) is 0 Å². The number of carbonyl (C=O) groups is 2. The van der Waals surface area contributed by atoms with Gasteiger partial charge in [0.2, 0.25) is 10.5 Å². The van der Waals surface area contributed by atoms with E-state index in [0.717, 1.165) is 38.5 Å². The standard InChI is InChI=1S/C10H14Br2Cl2O2/c11-7(9(13)15)5-3-1-2-4-6-8(12)10(14)16/h7-8H,1-6H2. The first-order valence-corrected chi connectivity index (χ1v) is 7.70. The van der Waals surface area contributed by atoms with Crippen LogP contribution in [0.5, 0.6) is 0 Å². The van der Waals surface area contributed by atoms with E-state index in [1.54, 1.807) is 0 Å². The number of alkyl halides is 2. The van der Waals surface area contributed by atoms with E-state index in [0.29, 0.717) is 0 Å². The summed E-state index contributed by atoms with van der Waals surface area (Å²) in [4.78, 5) is 20.9. The Morgan fingerprint density at radius 3 is 1.38 bits per heavy atom. The van der Waals surface area contributed by atoms with E-state index < -0.39 is 0 Å². The number of unbranched alkanes of at least 4 members (excludes halogenated alkanes) is 3. The fourth-order valence-corrected chi connectivity index (χ4v) is 2.09. The van der Waals surface area contributed by atoms with Crippen molar-refractivity contribution in [2.75, 3.05) is 0 Å². The third-order valence-corrected chi connectivity index (χ3v) is 4.96. The SMILES string of the molecule is O=C(Cl)C(Br)CCCCCCC(Br)C(=O)Cl. The van der Waals surface area contributed by atoms with Crippen LogP contribution >= 0.6 is 55.1 Å². The molecule has 0 saturated heterocycles. The van der Waals surface area contributed by atoms with Crippen molar-refractivity contribution in [1.29, 1.82) is 0 Å². The van der Waals surface area contributed by atoms with Crippen LogP contribution in [-0.2, 0) is 9.59 Å². The molecule has 2 unspecified atom stereocenters. The molecule has 0 heterocycles. The van der Waals surface area contributed by atoms with Gasteiger partial charge in [-0.1, -0.05) is 57.5 Å². The van der Waals surface area contributed by atoms with Crippen LogP contribution in [0.4, 0.5) is 0 Å². The molecular weight excluding hydrogens is 383 g/mol. The number of halogens is 4. The quantitative estimate of drug-likeness (QED) is 0.329. The minimum absolute atomic E-state index is 0.234. The van der Waals surface area contributed by atoms with Crippen molar-refractivity contribution in [3.05, 3.63) is 0 Å². The van der Waals surface area contributed by atoms with Crippen molar-refractivity contribution >= 4 is 65.5 Å². The first-order chi connectivity index (χ1) is 7.45. The second kappa shape index (κ2) is 9.86. The van der Waals surface area contributed by atoms with Crippen molar-refractivity contribution in [3.63, 3.8) is 0 Å². The Hall–Kier alpha value is 0.880. The van der Waals surface area contributed by atoms with Gasteiger partial charge in [-0.05, 0) is 36.0 Å². The lowest BCUT2D eigenvalue weighted by atomic mass is 10.1. The van der Waals surface area contributed by atoms with Gasteiger partial charge in [-0.15, -0.1) is 0 Å². The molecule has 0 N–H and O–H groups in total. The summed E-state index contributed by atoms with van der Waals surface area (Å²) in [5, 5.41) is -0.679. The van der Waals surface area contributed by atoms with Gasteiger partial charge in [-0.3, -0.25) is 9.59 Å². The average Bonchev–Trinajstić information content (AvgIpc) is 2.21. The van der Waals surface area contributed by atoms with E-state index >= 15 is 0 Å². The molecule has 0 aromatic rings. The monoisotopic (exact) mass is 394 g/mol. The lowest BCUT2D eigenvalue weighted by Gasteiger charge is -2.05. The van der Waals surface area contributed by atoms with Crippen LogP contribution in [0.1, 0.15) is 38.5 Å². The van der Waals surface area contributed by atoms with Crippen LogP contribution in [0.3, 0.4) is 0 Å². The Morgan fingerprint density at radius 1 is 0.812 bits per heavy atom. The first-order valence-electron chi connectivity index (χ1n) is 5.12. The topological polar surface area (TPSA) is 34.1 Å². The van der Waals surface area contributed by atoms with Crippen LogP contribution in [0.15, 0.2) is 0 Å². The molecule has 94 valence electrons. The lowest BCUT2D eigenvalue weighted by Crippen LogP contribution is -2.07. The summed E-state index contributed by atoms with van der Waals surface area (Å²) < 4.78 is 0. The van der Waals surface area contributed by atoms with Gasteiger partial charge in [-0.2, -0.15) is 0 Å². The van der Waals surface area contributed by atoms with Gasteiger partial charge in [0.25, 0.3) is 0 Å². The largest absolute Gasteiger partial charge is 0.280 e. The minimum atomic E-state index is -0.340. The second-order valence-electron chi connectivity index (χ2n) is 3.53. The zero-order chi connectivity index (χ0) is 12.6. The summed E-state index contributed by atoms with van der Waals surface area (Å²) >= 11 is 17.0. The molecule has 0 saturated carbocycles. The predicted molar refractivity (Wildman–Crippen MR) is 74.9 cm³/mol. The molecular formula is C10H14Br2Cl2O2. The fraction of sp³-hybridized carbons (Fsp3) is 0.800. The molecule has 0 bridgehead atoms. The molecule has 2 nitrogen and oxygen atoms in total. The summed E-state index contributed by atoms with van der Waals surface area (Å²) in [6, 6.07) is 0. The van der Waals surface area contributed by atoms with Crippen LogP contribution in [0.25, 0.3) is 0 Å². The number of carbonyl (C=O) groups excluding carboxylic acids is 2. The minimum Gasteiger partial charge on any atom is -0.280 e. The highest BCUT2D eigenvalue weighted by atomic mass is 79.9. The molecule has 0 radical (unpaired) electrons. The van der Waals surface area contributed by atoms with Gasteiger partial charge in [0.15, 0.2) is 0 Å². The van der Waals surface area contributed by atoms with Crippen LogP contribution in [0, 0.1) is 0 Å². The van der Waals surface area contributed by atoms with E-state index in [1.165, 1.54) is 0 Å². The molecule has 0 aromatic carbocycles. The normalized spacial score (nSPS) is 14.5. The maximum Gasteiger partial charge on any atom is 0.235 e. The lowest BCUT2D eigenvalue weighted by molar-refractivity contribution is -0.112. The van der Waals surface area contributed by atoms with Crippen molar-refractivity contribution in [3.8, 4) is 0 Å². The molecule has 0 aliphatic heterocycles. The van der Waals surface area contributed by atoms with Gasteiger partial charge in [0.05, 0.1) is 9.65 Å². The van der Waals surface area contributed by atoms with E-state index in [1.807, 2.05) is 0 Å². The molecule has 0 aliphatic rings. The van der Waals surface area contributed by atoms with Gasteiger partial charge in [-0.25, -0.2) is 0 Å². The van der Waals surface area contributed by atoms with Crippen molar-refractivity contribution < 1.29 is 9.59 Å². The van der Waals surface area contributed by atoms with Crippen LogP contribution in [0.2, 0.25) is 0 Å². The molecule has 0 spiro atoms. The number of hydrogen-bond acceptors (Lipinski definition) is 2. The third kappa shape index (κ3) is 8.97. The summed E-state index contributed by atoms with van der Waals surface area (Å²) in [5.74, 6) is 0. The van der Waals surface area contributed by atoms with Gasteiger partial charge >= 0.3 is 0 Å². The maximum absolute atomic E-state index is 10.7. The van der Waals surface area contributed by atoms with Gasteiger partial charge in [0.1, 0.15) is 0 Å². The van der Waals surface area contributed by atoms with E-state index in [9.17, 15) is 9.59 Å².